The average Bonchev–Trinajstić information content (AvgIpc) is 3.27. The van der Waals surface area contributed by atoms with E-state index in [-0.39, 0.29) is 0 Å². The smallest absolute Gasteiger partial charge is 0.166 e. The molecule has 0 spiro atoms. The van der Waals surface area contributed by atoms with Gasteiger partial charge in [-0.3, -0.25) is 4.79 Å². The van der Waals surface area contributed by atoms with E-state index in [1.165, 1.54) is 37.8 Å². The lowest BCUT2D eigenvalue weighted by molar-refractivity contribution is 0.111. The van der Waals surface area contributed by atoms with Crippen molar-refractivity contribution in [3.05, 3.63) is 96.4 Å². The standard InChI is InChI=1S/C30H43NO/c1-2-3-4-5-6-7-8-9-10-11-12-13-14-15-16-17-18-19-20-21-22-23-24-25-29-26-27-30(28-32)31-29/h3-4,6-7,9-10,12-13,15-16,18-19,26-28,31H,2,5,8,11,14,17,20-25H2,1H3/b4-3-,7-6-,10-9-,13-12-,16-15-,19-18-. The van der Waals surface area contributed by atoms with E-state index in [4.69, 9.17) is 0 Å². The van der Waals surface area contributed by atoms with Gasteiger partial charge in [0.1, 0.15) is 0 Å². The Morgan fingerprint density at radius 3 is 1.62 bits per heavy atom. The number of allylic oxidation sites excluding steroid dienone is 12. The molecule has 0 aliphatic rings. The maximum absolute atomic E-state index is 10.6. The van der Waals surface area contributed by atoms with E-state index < -0.39 is 0 Å². The molecule has 1 aromatic rings. The summed E-state index contributed by atoms with van der Waals surface area (Å²) in [7, 11) is 0. The van der Waals surface area contributed by atoms with Crippen LogP contribution in [0.3, 0.4) is 0 Å². The normalized spacial score (nSPS) is 12.8. The molecule has 0 aliphatic carbocycles. The van der Waals surface area contributed by atoms with Crippen LogP contribution in [0.5, 0.6) is 0 Å². The molecular weight excluding hydrogens is 390 g/mol. The van der Waals surface area contributed by atoms with Crippen LogP contribution in [0.2, 0.25) is 0 Å². The number of rotatable bonds is 19. The van der Waals surface area contributed by atoms with Crippen molar-refractivity contribution in [2.45, 2.75) is 84.0 Å². The summed E-state index contributed by atoms with van der Waals surface area (Å²) in [5, 5.41) is 0. The summed E-state index contributed by atoms with van der Waals surface area (Å²) >= 11 is 0. The van der Waals surface area contributed by atoms with Crippen LogP contribution in [0.1, 0.15) is 93.7 Å². The summed E-state index contributed by atoms with van der Waals surface area (Å²) in [6.45, 7) is 2.16. The fourth-order valence-electron chi connectivity index (χ4n) is 3.24. The Bertz CT molecular complexity index is 743. The maximum Gasteiger partial charge on any atom is 0.166 e. The summed E-state index contributed by atoms with van der Waals surface area (Å²) in [6.07, 6.45) is 41.2. The predicted molar refractivity (Wildman–Crippen MR) is 141 cm³/mol. The number of unbranched alkanes of at least 4 members (excludes halogenated alkanes) is 4. The zero-order valence-electron chi connectivity index (χ0n) is 20.1. The minimum atomic E-state index is 0.678. The maximum atomic E-state index is 10.6. The van der Waals surface area contributed by atoms with Gasteiger partial charge in [0.2, 0.25) is 0 Å². The van der Waals surface area contributed by atoms with E-state index in [1.807, 2.05) is 12.1 Å². The van der Waals surface area contributed by atoms with Gasteiger partial charge >= 0.3 is 0 Å². The SMILES string of the molecule is CC/C=C\C/C=C\C/C=C\C/C=C\C/C=C\C/C=C\CCCCCCc1ccc(C=O)[nH]1. The van der Waals surface area contributed by atoms with Gasteiger partial charge in [-0.1, -0.05) is 92.7 Å². The van der Waals surface area contributed by atoms with Crippen molar-refractivity contribution in [3.8, 4) is 0 Å². The zero-order chi connectivity index (χ0) is 23.0. The van der Waals surface area contributed by atoms with E-state index in [9.17, 15) is 4.79 Å². The molecule has 0 amide bonds. The van der Waals surface area contributed by atoms with Crippen LogP contribution in [-0.4, -0.2) is 11.3 Å². The molecule has 0 saturated carbocycles. The molecule has 1 N–H and O–H groups in total. The number of aldehydes is 1. The quantitative estimate of drug-likeness (QED) is 0.132. The summed E-state index contributed by atoms with van der Waals surface area (Å²) in [5.41, 5.74) is 1.85. The molecule has 2 nitrogen and oxygen atoms in total. The lowest BCUT2D eigenvalue weighted by Gasteiger charge is -1.99. The van der Waals surface area contributed by atoms with Gasteiger partial charge in [-0.2, -0.15) is 0 Å². The Morgan fingerprint density at radius 1 is 0.625 bits per heavy atom. The van der Waals surface area contributed by atoms with Crippen molar-refractivity contribution in [2.75, 3.05) is 0 Å². The first-order valence-corrected chi connectivity index (χ1v) is 12.4. The molecule has 0 aromatic carbocycles. The van der Waals surface area contributed by atoms with E-state index in [1.54, 1.807) is 0 Å². The van der Waals surface area contributed by atoms with Crippen molar-refractivity contribution in [2.24, 2.45) is 0 Å². The fourth-order valence-corrected chi connectivity index (χ4v) is 3.24. The van der Waals surface area contributed by atoms with Crippen molar-refractivity contribution < 1.29 is 4.79 Å². The molecule has 174 valence electrons. The lowest BCUT2D eigenvalue weighted by Crippen LogP contribution is -1.87. The van der Waals surface area contributed by atoms with Crippen LogP contribution < -0.4 is 0 Å². The van der Waals surface area contributed by atoms with E-state index in [2.05, 4.69) is 84.8 Å². The molecule has 0 aliphatic heterocycles. The fraction of sp³-hybridized carbons (Fsp3) is 0.433. The first-order valence-electron chi connectivity index (χ1n) is 12.4. The molecule has 0 bridgehead atoms. The second-order valence-corrected chi connectivity index (χ2v) is 7.92. The van der Waals surface area contributed by atoms with Crippen LogP contribution in [0.15, 0.2) is 85.0 Å². The van der Waals surface area contributed by atoms with Gasteiger partial charge in [0.05, 0.1) is 5.69 Å². The zero-order valence-corrected chi connectivity index (χ0v) is 20.1. The number of hydrogen-bond acceptors (Lipinski definition) is 1. The average molecular weight is 434 g/mol. The van der Waals surface area contributed by atoms with Crippen molar-refractivity contribution in [1.29, 1.82) is 0 Å². The third kappa shape index (κ3) is 17.1. The third-order valence-corrected chi connectivity index (χ3v) is 5.06. The molecule has 1 rings (SSSR count). The van der Waals surface area contributed by atoms with Crippen LogP contribution in [-0.2, 0) is 6.42 Å². The lowest BCUT2D eigenvalue weighted by atomic mass is 10.1. The first kappa shape index (κ1) is 27.4. The number of aryl methyl sites for hydroxylation is 1. The molecule has 1 heterocycles. The molecule has 0 saturated heterocycles. The number of aromatic amines is 1. The topological polar surface area (TPSA) is 32.9 Å². The van der Waals surface area contributed by atoms with Gasteiger partial charge in [-0.05, 0) is 76.3 Å². The Kier molecular flexibility index (Phi) is 18.5. The predicted octanol–water partition coefficient (Wildman–Crippen LogP) is 9.02. The monoisotopic (exact) mass is 433 g/mol. The molecule has 0 radical (unpaired) electrons. The number of H-pyrrole nitrogens is 1. The van der Waals surface area contributed by atoms with Gasteiger partial charge in [-0.15, -0.1) is 0 Å². The highest BCUT2D eigenvalue weighted by Gasteiger charge is 1.97. The largest absolute Gasteiger partial charge is 0.356 e. The number of carbonyl (C=O) groups is 1. The van der Waals surface area contributed by atoms with Crippen molar-refractivity contribution in [3.63, 3.8) is 0 Å². The molecule has 0 fully saturated rings. The van der Waals surface area contributed by atoms with Crippen LogP contribution in [0.25, 0.3) is 0 Å². The van der Waals surface area contributed by atoms with Crippen LogP contribution in [0.4, 0.5) is 0 Å². The molecule has 0 atom stereocenters. The highest BCUT2D eigenvalue weighted by Crippen LogP contribution is 2.09. The Hall–Kier alpha value is -2.61. The Balaban J connectivity index is 1.89. The molecule has 1 aromatic heterocycles. The van der Waals surface area contributed by atoms with Gasteiger partial charge in [-0.25, -0.2) is 0 Å². The third-order valence-electron chi connectivity index (χ3n) is 5.06. The summed E-state index contributed by atoms with van der Waals surface area (Å²) in [6, 6.07) is 3.87. The Morgan fingerprint density at radius 2 is 1.12 bits per heavy atom. The summed E-state index contributed by atoms with van der Waals surface area (Å²) in [5.74, 6) is 0. The number of aromatic nitrogens is 1. The first-order chi connectivity index (χ1) is 15.9. The van der Waals surface area contributed by atoms with E-state index in [0.717, 1.165) is 51.2 Å². The van der Waals surface area contributed by atoms with Gasteiger partial charge in [0.15, 0.2) is 6.29 Å². The highest BCUT2D eigenvalue weighted by atomic mass is 16.1. The van der Waals surface area contributed by atoms with Crippen LogP contribution >= 0.6 is 0 Å². The van der Waals surface area contributed by atoms with Crippen molar-refractivity contribution in [1.82, 2.24) is 4.98 Å². The van der Waals surface area contributed by atoms with Gasteiger partial charge < -0.3 is 4.98 Å². The molecule has 32 heavy (non-hydrogen) atoms. The number of carbonyl (C=O) groups excluding carboxylic acids is 1. The van der Waals surface area contributed by atoms with Gasteiger partial charge in [0.25, 0.3) is 0 Å². The highest BCUT2D eigenvalue weighted by molar-refractivity contribution is 5.71. The summed E-state index contributed by atoms with van der Waals surface area (Å²) in [4.78, 5) is 13.8. The minimum absolute atomic E-state index is 0.678. The summed E-state index contributed by atoms with van der Waals surface area (Å²) < 4.78 is 0. The van der Waals surface area contributed by atoms with Crippen LogP contribution in [0, 0.1) is 0 Å². The number of hydrogen-bond donors (Lipinski definition) is 1. The second-order valence-electron chi connectivity index (χ2n) is 7.92. The second kappa shape index (κ2) is 21.6. The molecule has 2 heteroatoms. The van der Waals surface area contributed by atoms with Crippen molar-refractivity contribution >= 4 is 6.29 Å². The van der Waals surface area contributed by atoms with E-state index >= 15 is 0 Å². The minimum Gasteiger partial charge on any atom is -0.356 e. The Labute approximate surface area is 196 Å². The molecule has 0 unspecified atom stereocenters. The molecular formula is C30H43NO. The van der Waals surface area contributed by atoms with Gasteiger partial charge in [0, 0.05) is 5.69 Å². The van der Waals surface area contributed by atoms with E-state index in [0.29, 0.717) is 5.69 Å². The number of nitrogens with one attached hydrogen (secondary N) is 1.